The number of hydrogen-bond acceptors (Lipinski definition) is 3. The van der Waals surface area contributed by atoms with Crippen molar-refractivity contribution in [3.05, 3.63) is 0 Å². The summed E-state index contributed by atoms with van der Waals surface area (Å²) in [5.41, 5.74) is 0. The summed E-state index contributed by atoms with van der Waals surface area (Å²) in [4.78, 5) is 13.1. The third-order valence-electron chi connectivity index (χ3n) is 4.32. The fourth-order valence-corrected chi connectivity index (χ4v) is 3.27. The first kappa shape index (κ1) is 17.3. The first-order valence-corrected chi connectivity index (χ1v) is 7.83. The van der Waals surface area contributed by atoms with Crippen LogP contribution in [0, 0.1) is 5.92 Å². The molecule has 1 saturated carbocycles. The Labute approximate surface area is 128 Å². The quantitative estimate of drug-likeness (QED) is 0.734. The van der Waals surface area contributed by atoms with E-state index in [1.165, 1.54) is 4.90 Å². The molecule has 2 aliphatic rings. The van der Waals surface area contributed by atoms with Gasteiger partial charge in [-0.2, -0.15) is 13.2 Å². The van der Waals surface area contributed by atoms with E-state index in [1.54, 1.807) is 0 Å². The van der Waals surface area contributed by atoms with E-state index in [0.29, 0.717) is 25.9 Å². The lowest BCUT2D eigenvalue weighted by molar-refractivity contribution is -0.143. The summed E-state index contributed by atoms with van der Waals surface area (Å²) in [7, 11) is 0. The number of carbonyl (C=O) groups is 1. The molecule has 0 aromatic carbocycles. The van der Waals surface area contributed by atoms with Gasteiger partial charge in [0.05, 0.1) is 12.6 Å². The summed E-state index contributed by atoms with van der Waals surface area (Å²) < 4.78 is 36.9. The first-order valence-electron chi connectivity index (χ1n) is 7.83. The molecule has 3 unspecified atom stereocenters. The number of aliphatic hydroxyl groups excluding tert-OH is 1. The van der Waals surface area contributed by atoms with Crippen LogP contribution in [0.3, 0.4) is 0 Å². The maximum absolute atomic E-state index is 12.3. The lowest BCUT2D eigenvalue weighted by atomic mass is 9.87. The highest BCUT2D eigenvalue weighted by atomic mass is 19.4. The summed E-state index contributed by atoms with van der Waals surface area (Å²) in [5.74, 6) is 0.278. The number of nitrogens with zero attached hydrogens (tertiary/aromatic N) is 1. The van der Waals surface area contributed by atoms with Gasteiger partial charge in [-0.25, -0.2) is 4.79 Å². The van der Waals surface area contributed by atoms with Crippen LogP contribution in [0.1, 0.15) is 32.1 Å². The highest BCUT2D eigenvalue weighted by molar-refractivity contribution is 5.74. The topological polar surface area (TPSA) is 64.6 Å². The standard InChI is InChI=1S/C14H24F3N3O2/c15-14(16,17)9-20-5-4-11(8-20)19-13(22)18-7-10-2-1-3-12(21)6-10/h10-12,21H,1-9H2,(H2,18,19,22). The van der Waals surface area contributed by atoms with Gasteiger partial charge in [-0.05, 0) is 31.6 Å². The van der Waals surface area contributed by atoms with Crippen molar-refractivity contribution in [2.45, 2.75) is 50.4 Å². The van der Waals surface area contributed by atoms with Crippen LogP contribution in [0.4, 0.5) is 18.0 Å². The van der Waals surface area contributed by atoms with E-state index < -0.39 is 12.7 Å². The summed E-state index contributed by atoms with van der Waals surface area (Å²) >= 11 is 0. The summed E-state index contributed by atoms with van der Waals surface area (Å²) in [6.45, 7) is 0.156. The fourth-order valence-electron chi connectivity index (χ4n) is 3.27. The molecular weight excluding hydrogens is 299 g/mol. The number of alkyl halides is 3. The predicted molar refractivity (Wildman–Crippen MR) is 75.4 cm³/mol. The maximum atomic E-state index is 12.3. The van der Waals surface area contributed by atoms with Crippen LogP contribution in [-0.2, 0) is 0 Å². The largest absolute Gasteiger partial charge is 0.401 e. The van der Waals surface area contributed by atoms with Crippen LogP contribution in [0.2, 0.25) is 0 Å². The van der Waals surface area contributed by atoms with Crippen LogP contribution in [0.25, 0.3) is 0 Å². The van der Waals surface area contributed by atoms with Crippen molar-refractivity contribution in [2.75, 3.05) is 26.2 Å². The minimum absolute atomic E-state index is 0.231. The Morgan fingerprint density at radius 2 is 2.05 bits per heavy atom. The molecule has 128 valence electrons. The Bertz CT molecular complexity index is 379. The van der Waals surface area contributed by atoms with E-state index in [0.717, 1.165) is 19.3 Å². The molecule has 1 saturated heterocycles. The second-order valence-electron chi connectivity index (χ2n) is 6.38. The van der Waals surface area contributed by atoms with Gasteiger partial charge >= 0.3 is 12.2 Å². The number of amides is 2. The molecular formula is C14H24F3N3O2. The van der Waals surface area contributed by atoms with Crippen molar-refractivity contribution < 1.29 is 23.1 Å². The molecule has 5 nitrogen and oxygen atoms in total. The van der Waals surface area contributed by atoms with Gasteiger partial charge in [0.1, 0.15) is 0 Å². The number of hydrogen-bond donors (Lipinski definition) is 3. The van der Waals surface area contributed by atoms with Gasteiger partial charge < -0.3 is 15.7 Å². The van der Waals surface area contributed by atoms with Crippen LogP contribution in [0.15, 0.2) is 0 Å². The molecule has 0 radical (unpaired) electrons. The monoisotopic (exact) mass is 323 g/mol. The molecule has 1 heterocycles. The molecule has 0 bridgehead atoms. The molecule has 0 aromatic heterocycles. The smallest absolute Gasteiger partial charge is 0.393 e. The van der Waals surface area contributed by atoms with E-state index in [9.17, 15) is 23.1 Å². The van der Waals surface area contributed by atoms with Crippen LogP contribution < -0.4 is 10.6 Å². The van der Waals surface area contributed by atoms with E-state index in [2.05, 4.69) is 10.6 Å². The molecule has 22 heavy (non-hydrogen) atoms. The molecule has 2 amide bonds. The Balaban J connectivity index is 1.63. The third kappa shape index (κ3) is 6.00. The van der Waals surface area contributed by atoms with Gasteiger partial charge in [0.2, 0.25) is 0 Å². The second-order valence-corrected chi connectivity index (χ2v) is 6.38. The van der Waals surface area contributed by atoms with Crippen LogP contribution >= 0.6 is 0 Å². The first-order chi connectivity index (χ1) is 10.3. The van der Waals surface area contributed by atoms with Crippen molar-refractivity contribution in [2.24, 2.45) is 5.92 Å². The lowest BCUT2D eigenvalue weighted by Crippen LogP contribution is -2.45. The second kappa shape index (κ2) is 7.50. The number of urea groups is 1. The van der Waals surface area contributed by atoms with E-state index in [-0.39, 0.29) is 30.6 Å². The van der Waals surface area contributed by atoms with Crippen molar-refractivity contribution >= 4 is 6.03 Å². The molecule has 2 fully saturated rings. The average molecular weight is 323 g/mol. The number of nitrogens with one attached hydrogen (secondary N) is 2. The molecule has 8 heteroatoms. The van der Waals surface area contributed by atoms with Crippen LogP contribution in [-0.4, -0.2) is 60.5 Å². The van der Waals surface area contributed by atoms with Gasteiger partial charge in [-0.15, -0.1) is 0 Å². The third-order valence-corrected chi connectivity index (χ3v) is 4.32. The van der Waals surface area contributed by atoms with E-state index in [1.807, 2.05) is 0 Å². The highest BCUT2D eigenvalue weighted by Gasteiger charge is 2.34. The minimum Gasteiger partial charge on any atom is -0.393 e. The van der Waals surface area contributed by atoms with E-state index >= 15 is 0 Å². The van der Waals surface area contributed by atoms with Crippen molar-refractivity contribution in [1.82, 2.24) is 15.5 Å². The van der Waals surface area contributed by atoms with Gasteiger partial charge in [0.25, 0.3) is 0 Å². The van der Waals surface area contributed by atoms with Crippen molar-refractivity contribution in [3.63, 3.8) is 0 Å². The normalized spacial score (nSPS) is 30.3. The zero-order valence-electron chi connectivity index (χ0n) is 12.5. The highest BCUT2D eigenvalue weighted by Crippen LogP contribution is 2.23. The number of carbonyl (C=O) groups excluding carboxylic acids is 1. The van der Waals surface area contributed by atoms with Crippen molar-refractivity contribution in [3.8, 4) is 0 Å². The Morgan fingerprint density at radius 1 is 1.27 bits per heavy atom. The SMILES string of the molecule is O=C(NCC1CCCC(O)C1)NC1CCN(CC(F)(F)F)C1. The molecule has 2 rings (SSSR count). The fraction of sp³-hybridized carbons (Fsp3) is 0.929. The molecule has 1 aliphatic heterocycles. The molecule has 0 aromatic rings. The Kier molecular flexibility index (Phi) is 5.91. The van der Waals surface area contributed by atoms with Gasteiger partial charge in [0.15, 0.2) is 0 Å². The summed E-state index contributed by atoms with van der Waals surface area (Å²) in [6, 6.07) is -0.571. The van der Waals surface area contributed by atoms with Crippen molar-refractivity contribution in [1.29, 1.82) is 0 Å². The van der Waals surface area contributed by atoms with Gasteiger partial charge in [-0.1, -0.05) is 6.42 Å². The Morgan fingerprint density at radius 3 is 2.73 bits per heavy atom. The van der Waals surface area contributed by atoms with Gasteiger partial charge in [0, 0.05) is 25.7 Å². The number of aliphatic hydroxyl groups is 1. The van der Waals surface area contributed by atoms with E-state index in [4.69, 9.17) is 0 Å². The molecule has 3 atom stereocenters. The molecule has 3 N–H and O–H groups in total. The zero-order chi connectivity index (χ0) is 16.2. The molecule has 1 aliphatic carbocycles. The van der Waals surface area contributed by atoms with Crippen LogP contribution in [0.5, 0.6) is 0 Å². The number of likely N-dealkylation sites (tertiary alicyclic amines) is 1. The summed E-state index contributed by atoms with van der Waals surface area (Å²) in [6.07, 6.45) is -0.480. The minimum atomic E-state index is -4.20. The lowest BCUT2D eigenvalue weighted by Gasteiger charge is -2.26. The average Bonchev–Trinajstić information content (AvgIpc) is 2.81. The summed E-state index contributed by atoms with van der Waals surface area (Å²) in [5, 5.41) is 15.1. The number of halogens is 3. The number of rotatable bonds is 4. The molecule has 0 spiro atoms. The maximum Gasteiger partial charge on any atom is 0.401 e. The Hall–Kier alpha value is -1.02. The predicted octanol–water partition coefficient (Wildman–Crippen LogP) is 1.47. The zero-order valence-corrected chi connectivity index (χ0v) is 12.5. The van der Waals surface area contributed by atoms with Gasteiger partial charge in [-0.3, -0.25) is 4.90 Å².